The molecule has 1 N–H and O–H groups in total. The number of nitrogens with one attached hydrogen (secondary N) is 1. The molecule has 0 bridgehead atoms. The van der Waals surface area contributed by atoms with Gasteiger partial charge in [0.1, 0.15) is 11.5 Å². The molecule has 0 aliphatic carbocycles. The second-order valence-electron chi connectivity index (χ2n) is 5.17. The molecule has 1 heterocycles. The molecule has 0 saturated carbocycles. The quantitative estimate of drug-likeness (QED) is 0.734. The van der Waals surface area contributed by atoms with Crippen LogP contribution in [0.15, 0.2) is 42.5 Å². The maximum atomic E-state index is 12.0. The van der Waals surface area contributed by atoms with Crippen LogP contribution in [0, 0.1) is 11.3 Å². The number of carbonyl (C=O) groups is 1. The van der Waals surface area contributed by atoms with Gasteiger partial charge in [-0.1, -0.05) is 23.5 Å². The van der Waals surface area contributed by atoms with Crippen molar-refractivity contribution in [3.05, 3.63) is 48.0 Å². The van der Waals surface area contributed by atoms with Crippen molar-refractivity contribution in [2.75, 3.05) is 19.0 Å². The van der Waals surface area contributed by atoms with Gasteiger partial charge in [0.05, 0.1) is 29.8 Å². The van der Waals surface area contributed by atoms with E-state index in [4.69, 9.17) is 14.7 Å². The molecule has 7 heteroatoms. The Morgan fingerprint density at radius 1 is 1.24 bits per heavy atom. The van der Waals surface area contributed by atoms with Crippen LogP contribution in [-0.4, -0.2) is 24.6 Å². The van der Waals surface area contributed by atoms with E-state index >= 15 is 0 Å². The molecule has 6 nitrogen and oxygen atoms in total. The minimum Gasteiger partial charge on any atom is -0.497 e. The van der Waals surface area contributed by atoms with Crippen molar-refractivity contribution in [3.63, 3.8) is 0 Å². The van der Waals surface area contributed by atoms with Crippen molar-refractivity contribution in [2.24, 2.45) is 0 Å². The summed E-state index contributed by atoms with van der Waals surface area (Å²) < 4.78 is 11.6. The van der Waals surface area contributed by atoms with Crippen LogP contribution in [0.5, 0.6) is 11.5 Å². The van der Waals surface area contributed by atoms with Gasteiger partial charge in [-0.25, -0.2) is 4.98 Å². The summed E-state index contributed by atoms with van der Waals surface area (Å²) in [4.78, 5) is 16.4. The number of nitrogens with zero attached hydrogens (tertiary/aromatic N) is 2. The van der Waals surface area contributed by atoms with Gasteiger partial charge in [-0.2, -0.15) is 5.26 Å². The highest BCUT2D eigenvalue weighted by molar-refractivity contribution is 7.22. The van der Waals surface area contributed by atoms with Gasteiger partial charge in [0, 0.05) is 0 Å². The van der Waals surface area contributed by atoms with Crippen LogP contribution in [0.2, 0.25) is 0 Å². The molecule has 0 spiro atoms. The van der Waals surface area contributed by atoms with Gasteiger partial charge in [0.25, 0.3) is 5.91 Å². The third-order valence-electron chi connectivity index (χ3n) is 3.42. The average Bonchev–Trinajstić information content (AvgIpc) is 3.02. The summed E-state index contributed by atoms with van der Waals surface area (Å²) in [6, 6.07) is 14.7. The molecule has 25 heavy (non-hydrogen) atoms. The lowest BCUT2D eigenvalue weighted by molar-refractivity contribution is -0.118. The van der Waals surface area contributed by atoms with Crippen molar-refractivity contribution in [1.82, 2.24) is 4.98 Å². The zero-order valence-corrected chi connectivity index (χ0v) is 14.3. The number of aromatic nitrogens is 1. The summed E-state index contributed by atoms with van der Waals surface area (Å²) in [5.41, 5.74) is 1.71. The number of amides is 1. The second kappa shape index (κ2) is 7.64. The zero-order valence-electron chi connectivity index (χ0n) is 13.5. The standard InChI is InChI=1S/C18H15N3O3S/c1-23-14-6-7-15-16(10-14)25-18(20-15)21-17(22)11-24-13-4-2-12(3-5-13)8-9-19/h2-7,10H,8,11H2,1H3,(H,20,21,22). The molecule has 3 rings (SSSR count). The molecule has 2 aromatic carbocycles. The molecule has 0 saturated heterocycles. The highest BCUT2D eigenvalue weighted by Gasteiger charge is 2.09. The predicted molar refractivity (Wildman–Crippen MR) is 96.1 cm³/mol. The first-order valence-corrected chi connectivity index (χ1v) is 8.32. The topological polar surface area (TPSA) is 84.2 Å². The van der Waals surface area contributed by atoms with E-state index in [1.54, 1.807) is 31.4 Å². The van der Waals surface area contributed by atoms with E-state index in [1.807, 2.05) is 18.2 Å². The number of ether oxygens (including phenoxy) is 2. The molecule has 0 unspecified atom stereocenters. The van der Waals surface area contributed by atoms with Crippen LogP contribution >= 0.6 is 11.3 Å². The third-order valence-corrected chi connectivity index (χ3v) is 4.35. The number of fused-ring (bicyclic) bond motifs is 1. The van der Waals surface area contributed by atoms with Crippen molar-refractivity contribution >= 4 is 32.6 Å². The number of hydrogen-bond donors (Lipinski definition) is 1. The fourth-order valence-electron chi connectivity index (χ4n) is 2.18. The van der Waals surface area contributed by atoms with E-state index in [9.17, 15) is 4.79 Å². The number of hydrogen-bond acceptors (Lipinski definition) is 6. The van der Waals surface area contributed by atoms with Crippen LogP contribution in [0.25, 0.3) is 10.2 Å². The lowest BCUT2D eigenvalue weighted by Crippen LogP contribution is -2.19. The first kappa shape index (κ1) is 16.7. The molecule has 0 radical (unpaired) electrons. The van der Waals surface area contributed by atoms with E-state index in [-0.39, 0.29) is 12.5 Å². The van der Waals surface area contributed by atoms with Gasteiger partial charge in [0.2, 0.25) is 0 Å². The Labute approximate surface area is 148 Å². The van der Waals surface area contributed by atoms with Crippen LogP contribution < -0.4 is 14.8 Å². The minimum absolute atomic E-state index is 0.114. The van der Waals surface area contributed by atoms with Crippen molar-refractivity contribution in [2.45, 2.75) is 6.42 Å². The fourth-order valence-corrected chi connectivity index (χ4v) is 3.09. The molecule has 1 aromatic heterocycles. The molecule has 0 atom stereocenters. The monoisotopic (exact) mass is 353 g/mol. The number of anilines is 1. The zero-order chi connectivity index (χ0) is 17.6. The Bertz CT molecular complexity index is 929. The first-order chi connectivity index (χ1) is 12.2. The van der Waals surface area contributed by atoms with Gasteiger partial charge in [0.15, 0.2) is 11.7 Å². The van der Waals surface area contributed by atoms with E-state index in [2.05, 4.69) is 16.4 Å². The maximum absolute atomic E-state index is 12.0. The summed E-state index contributed by atoms with van der Waals surface area (Å²) in [6.07, 6.45) is 0.350. The Balaban J connectivity index is 1.58. The minimum atomic E-state index is -0.285. The van der Waals surface area contributed by atoms with Crippen molar-refractivity contribution in [1.29, 1.82) is 5.26 Å². The smallest absolute Gasteiger partial charge is 0.264 e. The van der Waals surface area contributed by atoms with Gasteiger partial charge >= 0.3 is 0 Å². The Morgan fingerprint density at radius 2 is 2.00 bits per heavy atom. The van der Waals surface area contributed by atoms with E-state index in [1.165, 1.54) is 11.3 Å². The van der Waals surface area contributed by atoms with Gasteiger partial charge < -0.3 is 9.47 Å². The number of benzene rings is 2. The molecule has 0 aliphatic heterocycles. The summed E-state index contributed by atoms with van der Waals surface area (Å²) in [5.74, 6) is 1.04. The molecule has 0 fully saturated rings. The van der Waals surface area contributed by atoms with Crippen molar-refractivity contribution < 1.29 is 14.3 Å². The largest absolute Gasteiger partial charge is 0.497 e. The second-order valence-corrected chi connectivity index (χ2v) is 6.20. The van der Waals surface area contributed by atoms with Crippen LogP contribution in [0.1, 0.15) is 5.56 Å². The Hall–Kier alpha value is -3.11. The molecule has 1 amide bonds. The van der Waals surface area contributed by atoms with Crippen molar-refractivity contribution in [3.8, 4) is 17.6 Å². The van der Waals surface area contributed by atoms with Crippen LogP contribution in [-0.2, 0) is 11.2 Å². The summed E-state index contributed by atoms with van der Waals surface area (Å²) in [6.45, 7) is -0.114. The van der Waals surface area contributed by atoms with Crippen LogP contribution in [0.4, 0.5) is 5.13 Å². The van der Waals surface area contributed by atoms with Gasteiger partial charge in [-0.15, -0.1) is 0 Å². The molecule has 126 valence electrons. The number of thiazole rings is 1. The van der Waals surface area contributed by atoms with E-state index in [0.29, 0.717) is 17.3 Å². The summed E-state index contributed by atoms with van der Waals surface area (Å²) in [5, 5.41) is 11.9. The predicted octanol–water partition coefficient (Wildman–Crippen LogP) is 3.39. The molecule has 0 aliphatic rings. The number of nitriles is 1. The lowest BCUT2D eigenvalue weighted by Gasteiger charge is -2.06. The Morgan fingerprint density at radius 3 is 2.72 bits per heavy atom. The first-order valence-electron chi connectivity index (χ1n) is 7.51. The number of carbonyl (C=O) groups excluding carboxylic acids is 1. The molecular formula is C18H15N3O3S. The van der Waals surface area contributed by atoms with Crippen LogP contribution in [0.3, 0.4) is 0 Å². The normalized spacial score (nSPS) is 10.2. The highest BCUT2D eigenvalue weighted by atomic mass is 32.1. The third kappa shape index (κ3) is 4.25. The molecular weight excluding hydrogens is 338 g/mol. The highest BCUT2D eigenvalue weighted by Crippen LogP contribution is 2.29. The maximum Gasteiger partial charge on any atom is 0.264 e. The number of rotatable bonds is 6. The SMILES string of the molecule is COc1ccc2nc(NC(=O)COc3ccc(CC#N)cc3)sc2c1. The molecule has 3 aromatic rings. The van der Waals surface area contributed by atoms with Gasteiger partial charge in [-0.3, -0.25) is 10.1 Å². The van der Waals surface area contributed by atoms with E-state index < -0.39 is 0 Å². The fraction of sp³-hybridized carbons (Fsp3) is 0.167. The van der Waals surface area contributed by atoms with Gasteiger partial charge in [-0.05, 0) is 35.9 Å². The summed E-state index contributed by atoms with van der Waals surface area (Å²) in [7, 11) is 1.61. The lowest BCUT2D eigenvalue weighted by atomic mass is 10.2. The van der Waals surface area contributed by atoms with E-state index in [0.717, 1.165) is 21.5 Å². The Kier molecular flexibility index (Phi) is 5.11. The number of methoxy groups -OCH3 is 1. The summed E-state index contributed by atoms with van der Waals surface area (Å²) >= 11 is 1.38. The average molecular weight is 353 g/mol.